The summed E-state index contributed by atoms with van der Waals surface area (Å²) < 4.78 is 5.43. The molecule has 0 spiro atoms. The van der Waals surface area contributed by atoms with Crippen LogP contribution in [0.5, 0.6) is 5.75 Å². The molecule has 0 heterocycles. The van der Waals surface area contributed by atoms with E-state index in [4.69, 9.17) is 4.74 Å². The first-order chi connectivity index (χ1) is 6.86. The molecule has 84 valence electrons. The molecule has 0 saturated heterocycles. The summed E-state index contributed by atoms with van der Waals surface area (Å²) in [6.45, 7) is 8.14. The van der Waals surface area contributed by atoms with Gasteiger partial charge in [-0.25, -0.2) is 0 Å². The van der Waals surface area contributed by atoms with E-state index in [2.05, 4.69) is 24.9 Å². The van der Waals surface area contributed by atoms with Gasteiger partial charge in [-0.2, -0.15) is 0 Å². The Hall–Kier alpha value is -0.990. The van der Waals surface area contributed by atoms with Gasteiger partial charge in [-0.05, 0) is 24.2 Å². The first-order valence-electron chi connectivity index (χ1n) is 4.90. The third-order valence-corrected chi connectivity index (χ3v) is 1.85. The minimum Gasteiger partial charge on any atom is -0.490 e. The van der Waals surface area contributed by atoms with Crippen LogP contribution in [-0.2, 0) is 6.54 Å². The van der Waals surface area contributed by atoms with E-state index in [-0.39, 0.29) is 12.4 Å². The number of ether oxygens (including phenoxy) is 1. The highest BCUT2D eigenvalue weighted by Gasteiger charge is 1.94. The van der Waals surface area contributed by atoms with Gasteiger partial charge in [0.15, 0.2) is 0 Å². The molecule has 1 aromatic rings. The number of hydrogen-bond donors (Lipinski definition) is 1. The normalized spacial score (nSPS) is 9.13. The van der Waals surface area contributed by atoms with E-state index in [9.17, 15) is 0 Å². The van der Waals surface area contributed by atoms with Crippen LogP contribution < -0.4 is 10.1 Å². The van der Waals surface area contributed by atoms with Crippen LogP contribution in [0.25, 0.3) is 0 Å². The smallest absolute Gasteiger partial charge is 0.120 e. The lowest BCUT2D eigenvalue weighted by molar-refractivity contribution is 0.362. The van der Waals surface area contributed by atoms with Crippen LogP contribution in [0.2, 0.25) is 0 Å². The highest BCUT2D eigenvalue weighted by atomic mass is 35.5. The van der Waals surface area contributed by atoms with E-state index in [0.717, 1.165) is 18.8 Å². The molecule has 0 aliphatic carbocycles. The largest absolute Gasteiger partial charge is 0.490 e. The quantitative estimate of drug-likeness (QED) is 0.755. The van der Waals surface area contributed by atoms with Gasteiger partial charge in [-0.15, -0.1) is 12.4 Å². The summed E-state index contributed by atoms with van der Waals surface area (Å²) in [4.78, 5) is 0. The number of halogens is 1. The van der Waals surface area contributed by atoms with E-state index < -0.39 is 0 Å². The second kappa shape index (κ2) is 8.33. The van der Waals surface area contributed by atoms with Gasteiger partial charge in [0.1, 0.15) is 12.4 Å². The SMILES string of the molecule is C=CCOc1cccc(CNCC)c1.Cl. The monoisotopic (exact) mass is 227 g/mol. The summed E-state index contributed by atoms with van der Waals surface area (Å²) in [5.41, 5.74) is 1.24. The predicted octanol–water partition coefficient (Wildman–Crippen LogP) is 2.78. The van der Waals surface area contributed by atoms with Crippen molar-refractivity contribution in [1.29, 1.82) is 0 Å². The van der Waals surface area contributed by atoms with Gasteiger partial charge in [0.25, 0.3) is 0 Å². The molecule has 0 aromatic heterocycles. The minimum atomic E-state index is 0. The molecular weight excluding hydrogens is 210 g/mol. The van der Waals surface area contributed by atoms with Crippen LogP contribution in [-0.4, -0.2) is 13.2 Å². The maximum absolute atomic E-state index is 5.43. The molecule has 0 fully saturated rings. The average molecular weight is 228 g/mol. The number of benzene rings is 1. The molecule has 1 aromatic carbocycles. The molecule has 0 amide bonds. The van der Waals surface area contributed by atoms with E-state index in [1.807, 2.05) is 18.2 Å². The standard InChI is InChI=1S/C12H17NO.ClH/c1-3-8-14-12-7-5-6-11(9-12)10-13-4-2;/h3,5-7,9,13H,1,4,8,10H2,2H3;1H. The van der Waals surface area contributed by atoms with Gasteiger partial charge in [-0.1, -0.05) is 31.7 Å². The molecule has 15 heavy (non-hydrogen) atoms. The van der Waals surface area contributed by atoms with Crippen molar-refractivity contribution >= 4 is 12.4 Å². The van der Waals surface area contributed by atoms with E-state index >= 15 is 0 Å². The molecule has 2 nitrogen and oxygen atoms in total. The highest BCUT2D eigenvalue weighted by molar-refractivity contribution is 5.85. The number of rotatable bonds is 6. The Bertz CT molecular complexity index is 289. The second-order valence-corrected chi connectivity index (χ2v) is 3.03. The van der Waals surface area contributed by atoms with Crippen molar-refractivity contribution in [1.82, 2.24) is 5.32 Å². The van der Waals surface area contributed by atoms with E-state index in [1.165, 1.54) is 5.56 Å². The van der Waals surface area contributed by atoms with Gasteiger partial charge in [0, 0.05) is 6.54 Å². The molecule has 1 rings (SSSR count). The van der Waals surface area contributed by atoms with E-state index in [1.54, 1.807) is 6.08 Å². The fraction of sp³-hybridized carbons (Fsp3) is 0.333. The van der Waals surface area contributed by atoms with Crippen LogP contribution >= 0.6 is 12.4 Å². The van der Waals surface area contributed by atoms with Gasteiger partial charge in [-0.3, -0.25) is 0 Å². The minimum absolute atomic E-state index is 0. The maximum Gasteiger partial charge on any atom is 0.120 e. The van der Waals surface area contributed by atoms with Crippen LogP contribution in [0.3, 0.4) is 0 Å². The fourth-order valence-electron chi connectivity index (χ4n) is 1.17. The topological polar surface area (TPSA) is 21.3 Å². The summed E-state index contributed by atoms with van der Waals surface area (Å²) in [5, 5.41) is 3.27. The summed E-state index contributed by atoms with van der Waals surface area (Å²) in [5.74, 6) is 0.903. The molecule has 0 bridgehead atoms. The Balaban J connectivity index is 0.00000196. The lowest BCUT2D eigenvalue weighted by Crippen LogP contribution is -2.11. The van der Waals surface area contributed by atoms with Gasteiger partial charge in [0.2, 0.25) is 0 Å². The van der Waals surface area contributed by atoms with Crippen molar-refractivity contribution in [2.75, 3.05) is 13.2 Å². The number of nitrogens with one attached hydrogen (secondary N) is 1. The van der Waals surface area contributed by atoms with Gasteiger partial charge in [0.05, 0.1) is 0 Å². The molecule has 0 saturated carbocycles. The van der Waals surface area contributed by atoms with Gasteiger partial charge >= 0.3 is 0 Å². The molecule has 0 unspecified atom stereocenters. The van der Waals surface area contributed by atoms with Crippen molar-refractivity contribution in [3.05, 3.63) is 42.5 Å². The highest BCUT2D eigenvalue weighted by Crippen LogP contribution is 2.12. The van der Waals surface area contributed by atoms with E-state index in [0.29, 0.717) is 6.61 Å². The average Bonchev–Trinajstić information content (AvgIpc) is 2.24. The third kappa shape index (κ3) is 5.45. The lowest BCUT2D eigenvalue weighted by Gasteiger charge is -2.06. The summed E-state index contributed by atoms with van der Waals surface area (Å²) in [6, 6.07) is 8.10. The maximum atomic E-state index is 5.43. The molecule has 0 aliphatic heterocycles. The Morgan fingerprint density at radius 3 is 2.93 bits per heavy atom. The van der Waals surface area contributed by atoms with Crippen LogP contribution in [0.4, 0.5) is 0 Å². The zero-order valence-corrected chi connectivity index (χ0v) is 9.85. The van der Waals surface area contributed by atoms with Gasteiger partial charge < -0.3 is 10.1 Å². The zero-order chi connectivity index (χ0) is 10.2. The third-order valence-electron chi connectivity index (χ3n) is 1.85. The first kappa shape index (κ1) is 14.0. The van der Waals surface area contributed by atoms with Crippen molar-refractivity contribution in [2.45, 2.75) is 13.5 Å². The van der Waals surface area contributed by atoms with Crippen molar-refractivity contribution in [2.24, 2.45) is 0 Å². The zero-order valence-electron chi connectivity index (χ0n) is 9.03. The fourth-order valence-corrected chi connectivity index (χ4v) is 1.17. The van der Waals surface area contributed by atoms with Crippen molar-refractivity contribution < 1.29 is 4.74 Å². The molecule has 0 atom stereocenters. The molecule has 3 heteroatoms. The Morgan fingerprint density at radius 1 is 1.47 bits per heavy atom. The van der Waals surface area contributed by atoms with Crippen LogP contribution in [0.15, 0.2) is 36.9 Å². The summed E-state index contributed by atoms with van der Waals surface area (Å²) in [7, 11) is 0. The summed E-state index contributed by atoms with van der Waals surface area (Å²) >= 11 is 0. The second-order valence-electron chi connectivity index (χ2n) is 3.03. The molecule has 0 radical (unpaired) electrons. The first-order valence-corrected chi connectivity index (χ1v) is 4.90. The molecule has 1 N–H and O–H groups in total. The molecule has 0 aliphatic rings. The molecular formula is C12H18ClNO. The Kier molecular flexibility index (Phi) is 7.78. The Morgan fingerprint density at radius 2 is 2.27 bits per heavy atom. The lowest BCUT2D eigenvalue weighted by atomic mass is 10.2. The van der Waals surface area contributed by atoms with Crippen molar-refractivity contribution in [3.63, 3.8) is 0 Å². The Labute approximate surface area is 97.7 Å². The van der Waals surface area contributed by atoms with Crippen molar-refractivity contribution in [3.8, 4) is 5.75 Å². The number of hydrogen-bond acceptors (Lipinski definition) is 2. The van der Waals surface area contributed by atoms with Crippen LogP contribution in [0.1, 0.15) is 12.5 Å². The predicted molar refractivity (Wildman–Crippen MR) is 66.8 cm³/mol. The summed E-state index contributed by atoms with van der Waals surface area (Å²) in [6.07, 6.45) is 1.75. The van der Waals surface area contributed by atoms with Crippen LogP contribution in [0, 0.1) is 0 Å².